The second-order valence-electron chi connectivity index (χ2n) is 11.1. The van der Waals surface area contributed by atoms with E-state index >= 15 is 0 Å². The zero-order valence-corrected chi connectivity index (χ0v) is 28.1. The molecule has 0 saturated carbocycles. The minimum atomic E-state index is -4.26. The van der Waals surface area contributed by atoms with Gasteiger partial charge in [0.1, 0.15) is 18.3 Å². The van der Waals surface area contributed by atoms with Crippen LogP contribution in [0.5, 0.6) is 5.75 Å². The first-order chi connectivity index (χ1) is 22.0. The van der Waals surface area contributed by atoms with Crippen molar-refractivity contribution in [3.8, 4) is 5.75 Å². The lowest BCUT2D eigenvalue weighted by molar-refractivity contribution is -0.140. The number of amides is 2. The summed E-state index contributed by atoms with van der Waals surface area (Å²) in [5.41, 5.74) is 2.87. The van der Waals surface area contributed by atoms with E-state index in [1.165, 1.54) is 30.2 Å². The molecule has 10 heteroatoms. The van der Waals surface area contributed by atoms with Gasteiger partial charge in [-0.1, -0.05) is 79.2 Å². The maximum Gasteiger partial charge on any atom is 0.264 e. The number of rotatable bonds is 14. The van der Waals surface area contributed by atoms with Crippen LogP contribution in [0.25, 0.3) is 0 Å². The second-order valence-corrected chi connectivity index (χ2v) is 13.4. The molecule has 242 valence electrons. The standard InChI is InChI=1S/C36H40ClN3O5S/c1-5-27(3)38-36(42)34(22-28-13-7-6-8-14-28)39(24-29-15-10-9-12-26(29)2)35(41)25-40(31-17-11-16-30(37)23-31)46(43,44)33-20-18-32(45-4)19-21-33/h6-21,23,27,34H,5,22,24-25H2,1-4H3,(H,38,42)/t27-,34-/m1/s1. The van der Waals surface area contributed by atoms with Crippen molar-refractivity contribution in [1.82, 2.24) is 10.2 Å². The number of halogens is 1. The van der Waals surface area contributed by atoms with Gasteiger partial charge in [0.2, 0.25) is 11.8 Å². The number of methoxy groups -OCH3 is 1. The number of carbonyl (C=O) groups is 2. The Hall–Kier alpha value is -4.34. The number of aryl methyl sites for hydroxylation is 1. The van der Waals surface area contributed by atoms with Crippen LogP contribution in [-0.4, -0.2) is 50.9 Å². The summed E-state index contributed by atoms with van der Waals surface area (Å²) >= 11 is 6.31. The Kier molecular flexibility index (Phi) is 11.8. The largest absolute Gasteiger partial charge is 0.497 e. The molecule has 4 rings (SSSR count). The Morgan fingerprint density at radius 2 is 1.59 bits per heavy atom. The third kappa shape index (κ3) is 8.68. The Labute approximate surface area is 277 Å². The van der Waals surface area contributed by atoms with E-state index in [0.717, 1.165) is 21.0 Å². The Bertz CT molecular complexity index is 1730. The van der Waals surface area contributed by atoms with Crippen LogP contribution in [-0.2, 0) is 32.6 Å². The van der Waals surface area contributed by atoms with E-state index in [0.29, 0.717) is 17.2 Å². The van der Waals surface area contributed by atoms with Gasteiger partial charge in [0.05, 0.1) is 17.7 Å². The average molecular weight is 662 g/mol. The molecule has 2 amide bonds. The zero-order chi connectivity index (χ0) is 33.3. The first-order valence-electron chi connectivity index (χ1n) is 15.1. The van der Waals surface area contributed by atoms with Gasteiger partial charge in [-0.05, 0) is 79.4 Å². The number of sulfonamides is 1. The van der Waals surface area contributed by atoms with Crippen molar-refractivity contribution in [2.75, 3.05) is 18.0 Å². The molecule has 46 heavy (non-hydrogen) atoms. The van der Waals surface area contributed by atoms with Crippen LogP contribution in [0.4, 0.5) is 5.69 Å². The van der Waals surface area contributed by atoms with Crippen molar-refractivity contribution in [1.29, 1.82) is 0 Å². The van der Waals surface area contributed by atoms with E-state index in [4.69, 9.17) is 16.3 Å². The van der Waals surface area contributed by atoms with Gasteiger partial charge in [-0.15, -0.1) is 0 Å². The molecule has 0 aliphatic heterocycles. The van der Waals surface area contributed by atoms with Crippen molar-refractivity contribution < 1.29 is 22.7 Å². The number of benzene rings is 4. The molecule has 0 spiro atoms. The average Bonchev–Trinajstić information content (AvgIpc) is 3.06. The van der Waals surface area contributed by atoms with Crippen molar-refractivity contribution >= 4 is 39.1 Å². The number of nitrogens with zero attached hydrogens (tertiary/aromatic N) is 2. The molecule has 0 aliphatic rings. The van der Waals surface area contributed by atoms with Crippen LogP contribution in [0, 0.1) is 6.92 Å². The Morgan fingerprint density at radius 3 is 2.22 bits per heavy atom. The molecule has 0 fully saturated rings. The van der Waals surface area contributed by atoms with Crippen molar-refractivity contribution in [2.45, 2.75) is 57.1 Å². The van der Waals surface area contributed by atoms with Gasteiger partial charge in [0.25, 0.3) is 10.0 Å². The predicted octanol–water partition coefficient (Wildman–Crippen LogP) is 6.41. The van der Waals surface area contributed by atoms with Gasteiger partial charge in [0, 0.05) is 24.0 Å². The van der Waals surface area contributed by atoms with Gasteiger partial charge in [-0.2, -0.15) is 0 Å². The van der Waals surface area contributed by atoms with Gasteiger partial charge in [-0.3, -0.25) is 13.9 Å². The molecule has 4 aromatic carbocycles. The maximum atomic E-state index is 14.6. The van der Waals surface area contributed by atoms with E-state index in [9.17, 15) is 18.0 Å². The summed E-state index contributed by atoms with van der Waals surface area (Å²) < 4.78 is 34.6. The molecule has 2 atom stereocenters. The molecular weight excluding hydrogens is 622 g/mol. The summed E-state index contributed by atoms with van der Waals surface area (Å²) in [4.78, 5) is 30.0. The third-order valence-corrected chi connectivity index (χ3v) is 9.92. The van der Waals surface area contributed by atoms with Crippen molar-refractivity contribution in [2.24, 2.45) is 0 Å². The first kappa shape index (κ1) is 34.5. The Morgan fingerprint density at radius 1 is 0.913 bits per heavy atom. The summed E-state index contributed by atoms with van der Waals surface area (Å²) in [5.74, 6) is -0.363. The highest BCUT2D eigenvalue weighted by molar-refractivity contribution is 7.92. The lowest BCUT2D eigenvalue weighted by Crippen LogP contribution is -2.54. The summed E-state index contributed by atoms with van der Waals surface area (Å²) in [6.07, 6.45) is 0.946. The van der Waals surface area contributed by atoms with Crippen molar-refractivity contribution in [3.63, 3.8) is 0 Å². The highest BCUT2D eigenvalue weighted by atomic mass is 35.5. The molecule has 8 nitrogen and oxygen atoms in total. The lowest BCUT2D eigenvalue weighted by atomic mass is 10.0. The summed E-state index contributed by atoms with van der Waals surface area (Å²) in [5, 5.41) is 3.36. The lowest BCUT2D eigenvalue weighted by Gasteiger charge is -2.34. The molecule has 0 aliphatic carbocycles. The summed E-state index contributed by atoms with van der Waals surface area (Å²) in [6.45, 7) is 5.36. The fraction of sp³-hybridized carbons (Fsp3) is 0.278. The fourth-order valence-electron chi connectivity index (χ4n) is 5.00. The quantitative estimate of drug-likeness (QED) is 0.169. The highest BCUT2D eigenvalue weighted by Crippen LogP contribution is 2.28. The molecule has 4 aromatic rings. The number of hydrogen-bond acceptors (Lipinski definition) is 5. The van der Waals surface area contributed by atoms with Gasteiger partial charge in [0.15, 0.2) is 0 Å². The van der Waals surface area contributed by atoms with E-state index in [-0.39, 0.29) is 35.5 Å². The van der Waals surface area contributed by atoms with Crippen LogP contribution >= 0.6 is 11.6 Å². The fourth-order valence-corrected chi connectivity index (χ4v) is 6.59. The van der Waals surface area contributed by atoms with Gasteiger partial charge in [-0.25, -0.2) is 8.42 Å². The van der Waals surface area contributed by atoms with Crippen LogP contribution in [0.2, 0.25) is 5.02 Å². The van der Waals surface area contributed by atoms with Crippen LogP contribution in [0.3, 0.4) is 0 Å². The van der Waals surface area contributed by atoms with Gasteiger partial charge < -0.3 is 15.0 Å². The topological polar surface area (TPSA) is 96.0 Å². The van der Waals surface area contributed by atoms with Gasteiger partial charge >= 0.3 is 0 Å². The van der Waals surface area contributed by atoms with E-state index in [2.05, 4.69) is 5.32 Å². The molecule has 0 radical (unpaired) electrons. The zero-order valence-electron chi connectivity index (χ0n) is 26.5. The minimum Gasteiger partial charge on any atom is -0.497 e. The number of ether oxygens (including phenoxy) is 1. The molecular formula is C36H40ClN3O5S. The molecule has 0 bridgehead atoms. The monoisotopic (exact) mass is 661 g/mol. The predicted molar refractivity (Wildman–Crippen MR) is 183 cm³/mol. The summed E-state index contributed by atoms with van der Waals surface area (Å²) in [7, 11) is -2.77. The number of nitrogens with one attached hydrogen (secondary N) is 1. The Balaban J connectivity index is 1.82. The minimum absolute atomic E-state index is 0.0260. The van der Waals surface area contributed by atoms with Crippen LogP contribution in [0.1, 0.15) is 37.0 Å². The molecule has 0 heterocycles. The molecule has 0 saturated heterocycles. The SMILES string of the molecule is CC[C@@H](C)NC(=O)[C@@H](Cc1ccccc1)N(Cc1ccccc1C)C(=O)CN(c1cccc(Cl)c1)S(=O)(=O)c1ccc(OC)cc1. The number of anilines is 1. The molecule has 1 N–H and O–H groups in total. The van der Waals surface area contributed by atoms with E-state index in [1.54, 1.807) is 30.3 Å². The summed E-state index contributed by atoms with van der Waals surface area (Å²) in [6, 6.07) is 28.4. The maximum absolute atomic E-state index is 14.6. The van der Waals surface area contributed by atoms with Crippen molar-refractivity contribution in [3.05, 3.63) is 125 Å². The third-order valence-electron chi connectivity index (χ3n) is 7.90. The highest BCUT2D eigenvalue weighted by Gasteiger charge is 2.35. The van der Waals surface area contributed by atoms with E-state index in [1.807, 2.05) is 75.4 Å². The second kappa shape index (κ2) is 15.8. The smallest absolute Gasteiger partial charge is 0.264 e. The molecule has 0 aromatic heterocycles. The van der Waals surface area contributed by atoms with E-state index < -0.39 is 28.5 Å². The van der Waals surface area contributed by atoms with Crippen LogP contribution < -0.4 is 14.4 Å². The normalized spacial score (nSPS) is 12.5. The molecule has 0 unspecified atom stereocenters. The number of hydrogen-bond donors (Lipinski definition) is 1. The first-order valence-corrected chi connectivity index (χ1v) is 17.0. The number of carbonyl (C=O) groups excluding carboxylic acids is 2. The van der Waals surface area contributed by atoms with Crippen LogP contribution in [0.15, 0.2) is 108 Å².